The van der Waals surface area contributed by atoms with Gasteiger partial charge in [0.1, 0.15) is 5.75 Å². The molecule has 0 aliphatic carbocycles. The summed E-state index contributed by atoms with van der Waals surface area (Å²) in [5, 5.41) is 0. The molecule has 0 aliphatic heterocycles. The van der Waals surface area contributed by atoms with Gasteiger partial charge in [0.15, 0.2) is 0 Å². The van der Waals surface area contributed by atoms with Gasteiger partial charge in [-0.25, -0.2) is 4.98 Å². The van der Waals surface area contributed by atoms with Crippen LogP contribution in [-0.4, -0.2) is 22.2 Å². The van der Waals surface area contributed by atoms with Crippen LogP contribution in [0, 0.1) is 0 Å². The number of imidazole rings is 1. The first kappa shape index (κ1) is 14.0. The van der Waals surface area contributed by atoms with Crippen LogP contribution in [0.5, 0.6) is 5.75 Å². The van der Waals surface area contributed by atoms with Crippen LogP contribution >= 0.6 is 11.8 Å². The first-order valence-electron chi connectivity index (χ1n) is 6.98. The SMILES string of the molecule is COc1ccc(CSCCc2ncn3ccccc23)cc1. The summed E-state index contributed by atoms with van der Waals surface area (Å²) >= 11 is 1.94. The standard InChI is InChI=1S/C17H18N2OS/c1-20-15-7-5-14(6-8-15)12-21-11-9-16-17-4-2-3-10-19(17)13-18-16/h2-8,10,13H,9,11-12H2,1H3. The van der Waals surface area contributed by atoms with Crippen molar-refractivity contribution in [2.75, 3.05) is 12.9 Å². The van der Waals surface area contributed by atoms with Crippen LogP contribution in [0.2, 0.25) is 0 Å². The van der Waals surface area contributed by atoms with Crippen LogP contribution < -0.4 is 4.74 Å². The molecule has 0 radical (unpaired) electrons. The van der Waals surface area contributed by atoms with Gasteiger partial charge < -0.3 is 9.14 Å². The van der Waals surface area contributed by atoms with Gasteiger partial charge in [-0.2, -0.15) is 11.8 Å². The second-order valence-corrected chi connectivity index (χ2v) is 5.94. The van der Waals surface area contributed by atoms with E-state index in [0.29, 0.717) is 0 Å². The summed E-state index contributed by atoms with van der Waals surface area (Å²) in [6.07, 6.45) is 4.93. The van der Waals surface area contributed by atoms with Gasteiger partial charge in [0, 0.05) is 18.4 Å². The Balaban J connectivity index is 1.51. The molecule has 21 heavy (non-hydrogen) atoms. The summed E-state index contributed by atoms with van der Waals surface area (Å²) in [7, 11) is 1.69. The molecule has 2 aromatic heterocycles. The topological polar surface area (TPSA) is 26.5 Å². The lowest BCUT2D eigenvalue weighted by molar-refractivity contribution is 0.414. The molecule has 0 bridgehead atoms. The van der Waals surface area contributed by atoms with Gasteiger partial charge in [-0.1, -0.05) is 18.2 Å². The predicted octanol–water partition coefficient (Wildman–Crippen LogP) is 3.82. The van der Waals surface area contributed by atoms with E-state index in [1.54, 1.807) is 7.11 Å². The Bertz CT molecular complexity index is 706. The summed E-state index contributed by atoms with van der Waals surface area (Å²) < 4.78 is 7.24. The molecule has 4 heteroatoms. The second-order valence-electron chi connectivity index (χ2n) is 4.84. The Kier molecular flexibility index (Phi) is 4.46. The molecule has 0 N–H and O–H groups in total. The van der Waals surface area contributed by atoms with Crippen LogP contribution in [0.15, 0.2) is 55.0 Å². The molecule has 3 rings (SSSR count). The van der Waals surface area contributed by atoms with Crippen molar-refractivity contribution < 1.29 is 4.74 Å². The summed E-state index contributed by atoms with van der Waals surface area (Å²) in [5.74, 6) is 3.01. The number of pyridine rings is 1. The van der Waals surface area contributed by atoms with Crippen molar-refractivity contribution in [3.8, 4) is 5.75 Å². The van der Waals surface area contributed by atoms with Crippen LogP contribution in [-0.2, 0) is 12.2 Å². The fourth-order valence-electron chi connectivity index (χ4n) is 2.27. The van der Waals surface area contributed by atoms with E-state index in [1.165, 1.54) is 16.8 Å². The zero-order valence-corrected chi connectivity index (χ0v) is 12.8. The molecule has 0 saturated heterocycles. The number of aromatic nitrogens is 2. The van der Waals surface area contributed by atoms with Gasteiger partial charge in [0.25, 0.3) is 0 Å². The molecule has 0 saturated carbocycles. The number of nitrogens with zero attached hydrogens (tertiary/aromatic N) is 2. The molecule has 0 aliphatic rings. The quantitative estimate of drug-likeness (QED) is 0.647. The molecule has 0 unspecified atom stereocenters. The van der Waals surface area contributed by atoms with Crippen LogP contribution in [0.25, 0.3) is 5.52 Å². The molecule has 108 valence electrons. The summed E-state index contributed by atoms with van der Waals surface area (Å²) in [6, 6.07) is 14.5. The van der Waals surface area contributed by atoms with E-state index in [2.05, 4.69) is 33.7 Å². The molecule has 3 aromatic rings. The number of ether oxygens (including phenoxy) is 1. The molecule has 1 aromatic carbocycles. The van der Waals surface area contributed by atoms with Crippen LogP contribution in [0.4, 0.5) is 0 Å². The maximum atomic E-state index is 5.17. The fraction of sp³-hybridized carbons (Fsp3) is 0.235. The lowest BCUT2D eigenvalue weighted by atomic mass is 10.2. The maximum absolute atomic E-state index is 5.17. The third kappa shape index (κ3) is 3.39. The third-order valence-corrected chi connectivity index (χ3v) is 4.46. The second kappa shape index (κ2) is 6.68. The smallest absolute Gasteiger partial charge is 0.118 e. The van der Waals surface area contributed by atoms with E-state index in [1.807, 2.05) is 42.5 Å². The molecule has 0 atom stereocenters. The van der Waals surface area contributed by atoms with Gasteiger partial charge >= 0.3 is 0 Å². The third-order valence-electron chi connectivity index (χ3n) is 3.43. The molecule has 0 amide bonds. The van der Waals surface area contributed by atoms with Gasteiger partial charge in [-0.15, -0.1) is 0 Å². The Hall–Kier alpha value is -1.94. The average molecular weight is 298 g/mol. The van der Waals surface area contributed by atoms with Crippen LogP contribution in [0.3, 0.4) is 0 Å². The highest BCUT2D eigenvalue weighted by Crippen LogP contribution is 2.18. The van der Waals surface area contributed by atoms with Crippen molar-refractivity contribution in [1.82, 2.24) is 9.38 Å². The van der Waals surface area contributed by atoms with E-state index in [9.17, 15) is 0 Å². The van der Waals surface area contributed by atoms with Gasteiger partial charge in [0.2, 0.25) is 0 Å². The minimum Gasteiger partial charge on any atom is -0.497 e. The normalized spacial score (nSPS) is 10.9. The highest BCUT2D eigenvalue weighted by Gasteiger charge is 2.03. The van der Waals surface area contributed by atoms with Crippen molar-refractivity contribution in [3.05, 3.63) is 66.2 Å². The van der Waals surface area contributed by atoms with Gasteiger partial charge in [-0.3, -0.25) is 0 Å². The largest absolute Gasteiger partial charge is 0.497 e. The number of fused-ring (bicyclic) bond motifs is 1. The summed E-state index contributed by atoms with van der Waals surface area (Å²) in [5.41, 5.74) is 3.72. The number of hydrogen-bond acceptors (Lipinski definition) is 3. The monoisotopic (exact) mass is 298 g/mol. The Morgan fingerprint density at radius 3 is 2.81 bits per heavy atom. The molecule has 0 fully saturated rings. The number of aryl methyl sites for hydroxylation is 1. The van der Waals surface area contributed by atoms with Gasteiger partial charge in [-0.05, 0) is 35.6 Å². The molecular weight excluding hydrogens is 280 g/mol. The highest BCUT2D eigenvalue weighted by molar-refractivity contribution is 7.98. The maximum Gasteiger partial charge on any atom is 0.118 e. The van der Waals surface area contributed by atoms with Crippen molar-refractivity contribution >= 4 is 17.3 Å². The predicted molar refractivity (Wildman–Crippen MR) is 88.1 cm³/mol. The minimum absolute atomic E-state index is 0.910. The number of hydrogen-bond donors (Lipinski definition) is 0. The number of rotatable bonds is 6. The van der Waals surface area contributed by atoms with Gasteiger partial charge in [0.05, 0.1) is 24.6 Å². The van der Waals surface area contributed by atoms with Crippen molar-refractivity contribution in [3.63, 3.8) is 0 Å². The van der Waals surface area contributed by atoms with E-state index < -0.39 is 0 Å². The van der Waals surface area contributed by atoms with E-state index in [-0.39, 0.29) is 0 Å². The Labute approximate surface area is 129 Å². The number of methoxy groups -OCH3 is 1. The van der Waals surface area contributed by atoms with Crippen LogP contribution in [0.1, 0.15) is 11.3 Å². The fourth-order valence-corrected chi connectivity index (χ4v) is 3.18. The average Bonchev–Trinajstić information content (AvgIpc) is 2.95. The van der Waals surface area contributed by atoms with E-state index in [0.717, 1.165) is 23.7 Å². The lowest BCUT2D eigenvalue weighted by Gasteiger charge is -2.03. The minimum atomic E-state index is 0.910. The van der Waals surface area contributed by atoms with Crippen molar-refractivity contribution in [2.45, 2.75) is 12.2 Å². The summed E-state index contributed by atoms with van der Waals surface area (Å²) in [4.78, 5) is 4.50. The van der Waals surface area contributed by atoms with Crippen molar-refractivity contribution in [2.24, 2.45) is 0 Å². The Morgan fingerprint density at radius 1 is 1.14 bits per heavy atom. The first-order chi connectivity index (χ1) is 10.4. The molecule has 3 nitrogen and oxygen atoms in total. The molecule has 2 heterocycles. The number of thioether (sulfide) groups is 1. The highest BCUT2D eigenvalue weighted by atomic mass is 32.2. The zero-order chi connectivity index (χ0) is 14.5. The summed E-state index contributed by atoms with van der Waals surface area (Å²) in [6.45, 7) is 0. The van der Waals surface area contributed by atoms with E-state index >= 15 is 0 Å². The number of benzene rings is 1. The van der Waals surface area contributed by atoms with E-state index in [4.69, 9.17) is 4.74 Å². The lowest BCUT2D eigenvalue weighted by Crippen LogP contribution is -1.91. The molecule has 0 spiro atoms. The Morgan fingerprint density at radius 2 is 2.00 bits per heavy atom. The molecular formula is C17H18N2OS. The van der Waals surface area contributed by atoms with Crippen molar-refractivity contribution in [1.29, 1.82) is 0 Å². The zero-order valence-electron chi connectivity index (χ0n) is 12.0. The first-order valence-corrected chi connectivity index (χ1v) is 8.13.